The first kappa shape index (κ1) is 13.4. The van der Waals surface area contributed by atoms with E-state index in [4.69, 9.17) is 11.6 Å². The molecule has 2 N–H and O–H groups in total. The Labute approximate surface area is 117 Å². The summed E-state index contributed by atoms with van der Waals surface area (Å²) >= 11 is 7.06. The quantitative estimate of drug-likeness (QED) is 0.840. The summed E-state index contributed by atoms with van der Waals surface area (Å²) in [5, 5.41) is 12.8. The number of hydrogen-bond acceptors (Lipinski definition) is 5. The molecular formula is C11H9ClN4O2S. The molecule has 0 aliphatic heterocycles. The van der Waals surface area contributed by atoms with Crippen molar-refractivity contribution < 1.29 is 9.59 Å². The maximum absolute atomic E-state index is 11.5. The second-order valence-corrected chi connectivity index (χ2v) is 4.71. The van der Waals surface area contributed by atoms with Crippen molar-refractivity contribution in [2.45, 2.75) is 6.54 Å². The lowest BCUT2D eigenvalue weighted by atomic mass is 10.2. The minimum absolute atomic E-state index is 0.183. The van der Waals surface area contributed by atoms with Gasteiger partial charge in [-0.15, -0.1) is 10.2 Å². The Balaban J connectivity index is 1.88. The molecule has 6 nitrogen and oxygen atoms in total. The lowest BCUT2D eigenvalue weighted by molar-refractivity contribution is -0.136. The Bertz CT molecular complexity index is 588. The number of carbonyl (C=O) groups excluding carboxylic acids is 2. The van der Waals surface area contributed by atoms with E-state index in [1.54, 1.807) is 24.3 Å². The molecule has 0 atom stereocenters. The van der Waals surface area contributed by atoms with Crippen LogP contribution in [0.15, 0.2) is 29.8 Å². The molecule has 19 heavy (non-hydrogen) atoms. The maximum Gasteiger partial charge on any atom is 0.315 e. The fourth-order valence-corrected chi connectivity index (χ4v) is 1.92. The van der Waals surface area contributed by atoms with Crippen LogP contribution in [0.1, 0.15) is 5.56 Å². The van der Waals surface area contributed by atoms with E-state index in [0.717, 1.165) is 16.9 Å². The van der Waals surface area contributed by atoms with Gasteiger partial charge in [-0.1, -0.05) is 41.1 Å². The molecule has 0 aliphatic carbocycles. The van der Waals surface area contributed by atoms with E-state index in [1.165, 1.54) is 5.51 Å². The highest BCUT2D eigenvalue weighted by Crippen LogP contribution is 2.14. The van der Waals surface area contributed by atoms with Crippen molar-refractivity contribution in [1.29, 1.82) is 0 Å². The van der Waals surface area contributed by atoms with Crippen LogP contribution in [0.25, 0.3) is 0 Å². The zero-order chi connectivity index (χ0) is 13.7. The molecule has 1 aromatic heterocycles. The molecule has 2 amide bonds. The lowest BCUT2D eigenvalue weighted by Crippen LogP contribution is -2.35. The molecule has 8 heteroatoms. The van der Waals surface area contributed by atoms with Gasteiger partial charge in [-0.25, -0.2) is 0 Å². The van der Waals surface area contributed by atoms with Gasteiger partial charge in [0, 0.05) is 11.6 Å². The zero-order valence-electron chi connectivity index (χ0n) is 9.59. The zero-order valence-corrected chi connectivity index (χ0v) is 11.2. The molecule has 0 saturated heterocycles. The Hall–Kier alpha value is -1.99. The molecule has 0 saturated carbocycles. The maximum atomic E-state index is 11.5. The molecule has 0 fully saturated rings. The van der Waals surface area contributed by atoms with Crippen molar-refractivity contribution in [3.05, 3.63) is 40.4 Å². The molecular weight excluding hydrogens is 288 g/mol. The standard InChI is InChI=1S/C11H9ClN4O2S/c12-8-4-2-1-3-7(8)5-13-9(17)10(18)15-11-16-14-6-19-11/h1-4,6H,5H2,(H,13,17)(H,15,16,18). The van der Waals surface area contributed by atoms with E-state index in [-0.39, 0.29) is 11.7 Å². The number of carbonyl (C=O) groups is 2. The third-order valence-electron chi connectivity index (χ3n) is 2.18. The van der Waals surface area contributed by atoms with Crippen molar-refractivity contribution in [3.8, 4) is 0 Å². The second-order valence-electron chi connectivity index (χ2n) is 3.47. The minimum atomic E-state index is -0.788. The second kappa shape index (κ2) is 6.26. The minimum Gasteiger partial charge on any atom is -0.344 e. The van der Waals surface area contributed by atoms with E-state index >= 15 is 0 Å². The van der Waals surface area contributed by atoms with Crippen LogP contribution in [0, 0.1) is 0 Å². The van der Waals surface area contributed by atoms with Gasteiger partial charge in [0.15, 0.2) is 0 Å². The van der Waals surface area contributed by atoms with Crippen LogP contribution in [0.3, 0.4) is 0 Å². The Morgan fingerprint density at radius 3 is 2.74 bits per heavy atom. The van der Waals surface area contributed by atoms with Gasteiger partial charge in [-0.05, 0) is 11.6 Å². The van der Waals surface area contributed by atoms with Crippen molar-refractivity contribution >= 4 is 39.9 Å². The van der Waals surface area contributed by atoms with Gasteiger partial charge in [0.1, 0.15) is 5.51 Å². The van der Waals surface area contributed by atoms with Gasteiger partial charge >= 0.3 is 11.8 Å². The number of hydrogen-bond donors (Lipinski definition) is 2. The fourth-order valence-electron chi connectivity index (χ4n) is 1.28. The molecule has 1 heterocycles. The summed E-state index contributed by atoms with van der Waals surface area (Å²) in [7, 11) is 0. The van der Waals surface area contributed by atoms with Crippen LogP contribution in [-0.4, -0.2) is 22.0 Å². The molecule has 0 aliphatic rings. The summed E-state index contributed by atoms with van der Waals surface area (Å²) < 4.78 is 0. The first-order valence-corrected chi connectivity index (χ1v) is 6.51. The number of aromatic nitrogens is 2. The lowest BCUT2D eigenvalue weighted by Gasteiger charge is -2.06. The number of halogens is 1. The molecule has 0 spiro atoms. The SMILES string of the molecule is O=C(NCc1ccccc1Cl)C(=O)Nc1nncs1. The van der Waals surface area contributed by atoms with E-state index in [1.807, 2.05) is 0 Å². The first-order valence-electron chi connectivity index (χ1n) is 5.25. The average molecular weight is 297 g/mol. The van der Waals surface area contributed by atoms with Crippen LogP contribution in [-0.2, 0) is 16.1 Å². The van der Waals surface area contributed by atoms with E-state index < -0.39 is 11.8 Å². The number of benzene rings is 1. The highest BCUT2D eigenvalue weighted by atomic mass is 35.5. The molecule has 1 aromatic carbocycles. The Kier molecular flexibility index (Phi) is 4.43. The van der Waals surface area contributed by atoms with Crippen molar-refractivity contribution in [2.24, 2.45) is 0 Å². The Morgan fingerprint density at radius 2 is 2.05 bits per heavy atom. The molecule has 2 rings (SSSR count). The van der Waals surface area contributed by atoms with Gasteiger partial charge < -0.3 is 5.32 Å². The van der Waals surface area contributed by atoms with Gasteiger partial charge in [-0.2, -0.15) is 0 Å². The van der Waals surface area contributed by atoms with Crippen LogP contribution >= 0.6 is 22.9 Å². The highest BCUT2D eigenvalue weighted by molar-refractivity contribution is 7.13. The van der Waals surface area contributed by atoms with E-state index in [2.05, 4.69) is 20.8 Å². The van der Waals surface area contributed by atoms with Gasteiger partial charge in [-0.3, -0.25) is 14.9 Å². The van der Waals surface area contributed by atoms with Crippen molar-refractivity contribution in [1.82, 2.24) is 15.5 Å². The number of amides is 2. The largest absolute Gasteiger partial charge is 0.344 e. The monoisotopic (exact) mass is 296 g/mol. The number of anilines is 1. The average Bonchev–Trinajstić information content (AvgIpc) is 2.90. The van der Waals surface area contributed by atoms with E-state index in [9.17, 15) is 9.59 Å². The summed E-state index contributed by atoms with van der Waals surface area (Å²) in [5.41, 5.74) is 2.19. The number of rotatable bonds is 3. The predicted molar refractivity (Wildman–Crippen MR) is 71.8 cm³/mol. The summed E-state index contributed by atoms with van der Waals surface area (Å²) in [6.45, 7) is 0.183. The van der Waals surface area contributed by atoms with Crippen LogP contribution in [0.4, 0.5) is 5.13 Å². The fraction of sp³-hybridized carbons (Fsp3) is 0.0909. The van der Waals surface area contributed by atoms with Crippen molar-refractivity contribution in [2.75, 3.05) is 5.32 Å². The molecule has 0 bridgehead atoms. The molecule has 2 aromatic rings. The summed E-state index contributed by atoms with van der Waals surface area (Å²) in [5.74, 6) is -1.54. The predicted octanol–water partition coefficient (Wildman–Crippen LogP) is 1.45. The number of nitrogens with zero attached hydrogens (tertiary/aromatic N) is 2. The number of nitrogens with one attached hydrogen (secondary N) is 2. The summed E-state index contributed by atoms with van der Waals surface area (Å²) in [6.07, 6.45) is 0. The normalized spacial score (nSPS) is 9.95. The first-order chi connectivity index (χ1) is 9.16. The van der Waals surface area contributed by atoms with Crippen LogP contribution < -0.4 is 10.6 Å². The van der Waals surface area contributed by atoms with Crippen molar-refractivity contribution in [3.63, 3.8) is 0 Å². The van der Waals surface area contributed by atoms with Crippen LogP contribution in [0.5, 0.6) is 0 Å². The third-order valence-corrected chi connectivity index (χ3v) is 3.16. The molecule has 0 unspecified atom stereocenters. The highest BCUT2D eigenvalue weighted by Gasteiger charge is 2.15. The van der Waals surface area contributed by atoms with Gasteiger partial charge in [0.2, 0.25) is 5.13 Å². The topological polar surface area (TPSA) is 84.0 Å². The summed E-state index contributed by atoms with van der Waals surface area (Å²) in [4.78, 5) is 23.0. The van der Waals surface area contributed by atoms with E-state index in [0.29, 0.717) is 5.02 Å². The smallest absolute Gasteiger partial charge is 0.315 e. The molecule has 98 valence electrons. The molecule has 0 radical (unpaired) electrons. The third kappa shape index (κ3) is 3.73. The van der Waals surface area contributed by atoms with Gasteiger partial charge in [0.05, 0.1) is 0 Å². The Morgan fingerprint density at radius 1 is 1.26 bits per heavy atom. The van der Waals surface area contributed by atoms with Crippen LogP contribution in [0.2, 0.25) is 5.02 Å². The summed E-state index contributed by atoms with van der Waals surface area (Å²) in [6, 6.07) is 7.07. The van der Waals surface area contributed by atoms with Gasteiger partial charge in [0.25, 0.3) is 0 Å².